The molecule has 2 amide bonds. The van der Waals surface area contributed by atoms with Gasteiger partial charge in [0.25, 0.3) is 11.8 Å². The van der Waals surface area contributed by atoms with Crippen molar-refractivity contribution in [2.45, 2.75) is 27.3 Å². The van der Waals surface area contributed by atoms with E-state index < -0.39 is 0 Å². The summed E-state index contributed by atoms with van der Waals surface area (Å²) in [5, 5.41) is 3.81. The summed E-state index contributed by atoms with van der Waals surface area (Å²) < 4.78 is 5.52. The van der Waals surface area contributed by atoms with E-state index in [1.54, 1.807) is 36.4 Å². The summed E-state index contributed by atoms with van der Waals surface area (Å²) in [6, 6.07) is 20.4. The average Bonchev–Trinajstić information content (AvgIpc) is 3.02. The topological polar surface area (TPSA) is 58.6 Å². The number of hydrogen-bond donors (Lipinski definition) is 1. The van der Waals surface area contributed by atoms with E-state index in [9.17, 15) is 9.59 Å². The molecule has 0 fully saturated rings. The molecule has 33 heavy (non-hydrogen) atoms. The molecular formula is C27H25ClN2O3. The molecule has 4 rings (SSSR count). The number of nitrogens with one attached hydrogen (secondary N) is 1. The lowest BCUT2D eigenvalue weighted by molar-refractivity contribution is -0.137. The Bertz CT molecular complexity index is 1230. The van der Waals surface area contributed by atoms with Crippen molar-refractivity contribution in [2.24, 2.45) is 0 Å². The molecule has 1 aliphatic heterocycles. The van der Waals surface area contributed by atoms with Gasteiger partial charge in [0, 0.05) is 10.7 Å². The van der Waals surface area contributed by atoms with Crippen LogP contribution in [0.2, 0.25) is 5.02 Å². The lowest BCUT2D eigenvalue weighted by atomic mass is 10.0. The third-order valence-electron chi connectivity index (χ3n) is 5.53. The van der Waals surface area contributed by atoms with Crippen LogP contribution in [0.25, 0.3) is 5.57 Å². The number of hydrogen-bond acceptors (Lipinski definition) is 4. The van der Waals surface area contributed by atoms with Crippen LogP contribution in [-0.4, -0.2) is 23.3 Å². The summed E-state index contributed by atoms with van der Waals surface area (Å²) in [4.78, 5) is 28.2. The molecule has 0 spiro atoms. The van der Waals surface area contributed by atoms with Gasteiger partial charge in [0.15, 0.2) is 0 Å². The van der Waals surface area contributed by atoms with Crippen LogP contribution < -0.4 is 10.1 Å². The first-order valence-corrected chi connectivity index (χ1v) is 11.2. The van der Waals surface area contributed by atoms with E-state index in [2.05, 4.69) is 5.32 Å². The Morgan fingerprint density at radius 1 is 0.909 bits per heavy atom. The second-order valence-electron chi connectivity index (χ2n) is 7.97. The van der Waals surface area contributed by atoms with Gasteiger partial charge in [-0.15, -0.1) is 0 Å². The van der Waals surface area contributed by atoms with Crippen molar-refractivity contribution in [3.8, 4) is 5.75 Å². The van der Waals surface area contributed by atoms with Crippen molar-refractivity contribution < 1.29 is 14.3 Å². The molecule has 0 bridgehead atoms. The first-order chi connectivity index (χ1) is 15.9. The lowest BCUT2D eigenvalue weighted by Gasteiger charge is -2.16. The number of halogens is 1. The Hall–Kier alpha value is -3.57. The highest BCUT2D eigenvalue weighted by molar-refractivity contribution is 6.36. The third-order valence-corrected chi connectivity index (χ3v) is 5.77. The SMILES string of the molecule is CCOc1ccc(C2=C(Nc3ccc(Cl)cc3C)C(=O)N(Cc3ccc(C)cc3)C2=O)cc1. The Morgan fingerprint density at radius 2 is 1.61 bits per heavy atom. The number of benzene rings is 3. The summed E-state index contributed by atoms with van der Waals surface area (Å²) in [6.07, 6.45) is 0. The maximum Gasteiger partial charge on any atom is 0.278 e. The second-order valence-corrected chi connectivity index (χ2v) is 8.41. The molecule has 0 saturated heterocycles. The van der Waals surface area contributed by atoms with Crippen LogP contribution in [0.4, 0.5) is 5.69 Å². The van der Waals surface area contributed by atoms with Gasteiger partial charge in [-0.05, 0) is 67.8 Å². The van der Waals surface area contributed by atoms with Gasteiger partial charge in [0.05, 0.1) is 18.7 Å². The summed E-state index contributed by atoms with van der Waals surface area (Å²) in [5.41, 5.74) is 4.84. The van der Waals surface area contributed by atoms with E-state index in [1.807, 2.05) is 51.1 Å². The molecule has 168 valence electrons. The molecule has 1 N–H and O–H groups in total. The van der Waals surface area contributed by atoms with Gasteiger partial charge in [-0.1, -0.05) is 53.6 Å². The third kappa shape index (κ3) is 4.78. The van der Waals surface area contributed by atoms with Gasteiger partial charge < -0.3 is 10.1 Å². The Morgan fingerprint density at radius 3 is 2.24 bits per heavy atom. The smallest absolute Gasteiger partial charge is 0.278 e. The highest BCUT2D eigenvalue weighted by Gasteiger charge is 2.39. The number of ether oxygens (including phenoxy) is 1. The average molecular weight is 461 g/mol. The molecule has 0 saturated carbocycles. The van der Waals surface area contributed by atoms with E-state index >= 15 is 0 Å². The molecule has 0 radical (unpaired) electrons. The molecule has 1 heterocycles. The highest BCUT2D eigenvalue weighted by atomic mass is 35.5. The molecule has 0 atom stereocenters. The van der Waals surface area contributed by atoms with Gasteiger partial charge in [0.1, 0.15) is 11.4 Å². The van der Waals surface area contributed by atoms with Crippen LogP contribution in [0, 0.1) is 13.8 Å². The van der Waals surface area contributed by atoms with E-state index in [1.165, 1.54) is 4.90 Å². The van der Waals surface area contributed by atoms with Gasteiger partial charge >= 0.3 is 0 Å². The molecule has 1 aliphatic rings. The van der Waals surface area contributed by atoms with Gasteiger partial charge in [-0.3, -0.25) is 14.5 Å². The Labute approximate surface area is 198 Å². The fraction of sp³-hybridized carbons (Fsp3) is 0.185. The number of carbonyl (C=O) groups is 2. The minimum Gasteiger partial charge on any atom is -0.494 e. The molecule has 0 aromatic heterocycles. The van der Waals surface area contributed by atoms with Crippen molar-refractivity contribution in [2.75, 3.05) is 11.9 Å². The number of amides is 2. The van der Waals surface area contributed by atoms with Gasteiger partial charge in [-0.2, -0.15) is 0 Å². The van der Waals surface area contributed by atoms with E-state index in [-0.39, 0.29) is 24.1 Å². The summed E-state index contributed by atoms with van der Waals surface area (Å²) in [5.74, 6) is 0.0100. The molecule has 3 aromatic rings. The van der Waals surface area contributed by atoms with Crippen molar-refractivity contribution in [3.05, 3.63) is 99.7 Å². The number of rotatable bonds is 7. The summed E-state index contributed by atoms with van der Waals surface area (Å²) in [6.45, 7) is 6.55. The van der Waals surface area contributed by atoms with Crippen LogP contribution in [0.3, 0.4) is 0 Å². The van der Waals surface area contributed by atoms with Crippen LogP contribution in [0.5, 0.6) is 5.75 Å². The van der Waals surface area contributed by atoms with Crippen LogP contribution in [-0.2, 0) is 16.1 Å². The molecule has 5 nitrogen and oxygen atoms in total. The monoisotopic (exact) mass is 460 g/mol. The summed E-state index contributed by atoms with van der Waals surface area (Å²) in [7, 11) is 0. The number of anilines is 1. The van der Waals surface area contributed by atoms with E-state index in [0.29, 0.717) is 28.5 Å². The quantitative estimate of drug-likeness (QED) is 0.456. The second kappa shape index (κ2) is 9.51. The fourth-order valence-corrected chi connectivity index (χ4v) is 3.99. The van der Waals surface area contributed by atoms with E-state index in [0.717, 1.165) is 22.4 Å². The molecule has 6 heteroatoms. The first kappa shape index (κ1) is 22.6. The standard InChI is InChI=1S/C27H25ClN2O3/c1-4-33-22-12-9-20(10-13-22)24-25(29-23-14-11-21(28)15-18(23)3)27(32)30(26(24)31)16-19-7-5-17(2)6-8-19/h5-15,29H,4,16H2,1-3H3. The van der Waals surface area contributed by atoms with Crippen molar-refractivity contribution >= 4 is 34.7 Å². The highest BCUT2D eigenvalue weighted by Crippen LogP contribution is 2.33. The van der Waals surface area contributed by atoms with Crippen molar-refractivity contribution in [1.29, 1.82) is 0 Å². The zero-order chi connectivity index (χ0) is 23.5. The number of imide groups is 1. The van der Waals surface area contributed by atoms with Crippen LogP contribution in [0.15, 0.2) is 72.4 Å². The van der Waals surface area contributed by atoms with Crippen LogP contribution >= 0.6 is 11.6 Å². The van der Waals surface area contributed by atoms with Crippen LogP contribution in [0.1, 0.15) is 29.2 Å². The lowest BCUT2D eigenvalue weighted by Crippen LogP contribution is -2.32. The molecule has 0 aliphatic carbocycles. The van der Waals surface area contributed by atoms with Crippen molar-refractivity contribution in [1.82, 2.24) is 4.90 Å². The minimum atomic E-state index is -0.362. The number of nitrogens with zero attached hydrogens (tertiary/aromatic N) is 1. The van der Waals surface area contributed by atoms with E-state index in [4.69, 9.17) is 16.3 Å². The maximum atomic E-state index is 13.5. The van der Waals surface area contributed by atoms with Gasteiger partial charge in [-0.25, -0.2) is 0 Å². The minimum absolute atomic E-state index is 0.198. The predicted octanol–water partition coefficient (Wildman–Crippen LogP) is 5.75. The fourth-order valence-electron chi connectivity index (χ4n) is 3.77. The molecular weight excluding hydrogens is 436 g/mol. The number of carbonyl (C=O) groups excluding carboxylic acids is 2. The van der Waals surface area contributed by atoms with Crippen molar-refractivity contribution in [3.63, 3.8) is 0 Å². The first-order valence-electron chi connectivity index (χ1n) is 10.8. The zero-order valence-electron chi connectivity index (χ0n) is 18.8. The Balaban J connectivity index is 1.73. The Kier molecular flexibility index (Phi) is 6.52. The zero-order valence-corrected chi connectivity index (χ0v) is 19.6. The van der Waals surface area contributed by atoms with Gasteiger partial charge in [0.2, 0.25) is 0 Å². The predicted molar refractivity (Wildman–Crippen MR) is 131 cm³/mol. The normalized spacial score (nSPS) is 13.6. The molecule has 0 unspecified atom stereocenters. The largest absolute Gasteiger partial charge is 0.494 e. The summed E-state index contributed by atoms with van der Waals surface area (Å²) >= 11 is 6.09. The maximum absolute atomic E-state index is 13.5. The number of aryl methyl sites for hydroxylation is 2. The molecule has 3 aromatic carbocycles.